The van der Waals surface area contributed by atoms with E-state index in [1.54, 1.807) is 13.2 Å². The van der Waals surface area contributed by atoms with E-state index in [9.17, 15) is 9.59 Å². The summed E-state index contributed by atoms with van der Waals surface area (Å²) in [5.74, 6) is 0.619. The number of imidazole rings is 1. The van der Waals surface area contributed by atoms with E-state index in [1.165, 1.54) is 7.11 Å². The molecule has 0 aliphatic carbocycles. The van der Waals surface area contributed by atoms with Crippen LogP contribution in [0.2, 0.25) is 0 Å². The maximum Gasteiger partial charge on any atom is 0.357 e. The number of esters is 1. The lowest BCUT2D eigenvalue weighted by Crippen LogP contribution is -2.19. The number of hydrogen-bond acceptors (Lipinski definition) is 5. The number of carbonyl (C=O) groups excluding carboxylic acids is 2. The number of nitrogens with zero attached hydrogens (tertiary/aromatic N) is 2. The number of rotatable bonds is 8. The highest BCUT2D eigenvalue weighted by Crippen LogP contribution is 2.28. The van der Waals surface area contributed by atoms with Gasteiger partial charge in [-0.15, -0.1) is 0 Å². The van der Waals surface area contributed by atoms with Gasteiger partial charge >= 0.3 is 5.97 Å². The van der Waals surface area contributed by atoms with Crippen molar-refractivity contribution in [3.05, 3.63) is 46.0 Å². The lowest BCUT2D eigenvalue weighted by Gasteiger charge is -2.18. The predicted octanol–water partition coefficient (Wildman–Crippen LogP) is 4.45. The summed E-state index contributed by atoms with van der Waals surface area (Å²) in [4.78, 5) is 30.6. The Morgan fingerprint density at radius 1 is 1.14 bits per heavy atom. The highest BCUT2D eigenvalue weighted by atomic mass is 16.5. The number of aromatic nitrogens is 2. The molecule has 0 amide bonds. The third-order valence-electron chi connectivity index (χ3n) is 5.03. The topological polar surface area (TPSA) is 70.4 Å². The number of carbonyl (C=O) groups is 2. The van der Waals surface area contributed by atoms with Gasteiger partial charge in [0.05, 0.1) is 14.2 Å². The van der Waals surface area contributed by atoms with Crippen molar-refractivity contribution in [2.24, 2.45) is 0 Å². The van der Waals surface area contributed by atoms with Crippen LogP contribution in [0, 0.1) is 13.8 Å². The van der Waals surface area contributed by atoms with E-state index < -0.39 is 5.97 Å². The molecule has 1 aromatic heterocycles. The standard InChI is InChI=1S/C22H30N2O4/c1-8-10-15(5)24-18(9-2)23-19(20(24)22(26)28-7)21(25)16-11-14(4)17(27-6)12-13(16)3/h11-12,15H,8-10H2,1-7H3. The Morgan fingerprint density at radius 3 is 2.36 bits per heavy atom. The van der Waals surface area contributed by atoms with E-state index in [-0.39, 0.29) is 23.2 Å². The first-order valence-corrected chi connectivity index (χ1v) is 9.69. The number of methoxy groups -OCH3 is 2. The fourth-order valence-electron chi connectivity index (χ4n) is 3.58. The largest absolute Gasteiger partial charge is 0.496 e. The van der Waals surface area contributed by atoms with Crippen LogP contribution >= 0.6 is 0 Å². The van der Waals surface area contributed by atoms with Crippen LogP contribution in [0.15, 0.2) is 12.1 Å². The van der Waals surface area contributed by atoms with Crippen LogP contribution in [0.1, 0.15) is 83.1 Å². The van der Waals surface area contributed by atoms with Crippen LogP contribution in [-0.2, 0) is 11.2 Å². The lowest BCUT2D eigenvalue weighted by molar-refractivity contribution is 0.0582. The smallest absolute Gasteiger partial charge is 0.357 e. The zero-order valence-corrected chi connectivity index (χ0v) is 17.9. The van der Waals surface area contributed by atoms with Gasteiger partial charge in [-0.1, -0.05) is 20.3 Å². The minimum atomic E-state index is -0.540. The Kier molecular flexibility index (Phi) is 7.00. The molecule has 28 heavy (non-hydrogen) atoms. The van der Waals surface area contributed by atoms with E-state index in [2.05, 4.69) is 11.9 Å². The molecule has 0 fully saturated rings. The zero-order valence-electron chi connectivity index (χ0n) is 17.9. The van der Waals surface area contributed by atoms with Crippen molar-refractivity contribution in [1.82, 2.24) is 9.55 Å². The number of ether oxygens (including phenoxy) is 2. The molecule has 2 rings (SSSR count). The van der Waals surface area contributed by atoms with Crippen molar-refractivity contribution < 1.29 is 19.1 Å². The molecule has 2 aromatic rings. The van der Waals surface area contributed by atoms with Crippen LogP contribution in [0.3, 0.4) is 0 Å². The molecular formula is C22H30N2O4. The molecule has 0 aliphatic rings. The second-order valence-electron chi connectivity index (χ2n) is 7.04. The molecule has 6 heteroatoms. The number of aryl methyl sites for hydroxylation is 3. The lowest BCUT2D eigenvalue weighted by atomic mass is 9.98. The van der Waals surface area contributed by atoms with Gasteiger partial charge in [0.25, 0.3) is 0 Å². The fourth-order valence-corrected chi connectivity index (χ4v) is 3.58. The Hall–Kier alpha value is -2.63. The van der Waals surface area contributed by atoms with Gasteiger partial charge < -0.3 is 14.0 Å². The highest BCUT2D eigenvalue weighted by molar-refractivity contribution is 6.13. The summed E-state index contributed by atoms with van der Waals surface area (Å²) in [7, 11) is 2.93. The molecule has 1 aromatic carbocycles. The van der Waals surface area contributed by atoms with E-state index in [1.807, 2.05) is 38.3 Å². The number of hydrogen-bond donors (Lipinski definition) is 0. The predicted molar refractivity (Wildman–Crippen MR) is 108 cm³/mol. The van der Waals surface area contributed by atoms with Crippen LogP contribution in [0.25, 0.3) is 0 Å². The molecule has 6 nitrogen and oxygen atoms in total. The molecule has 0 aliphatic heterocycles. The van der Waals surface area contributed by atoms with Gasteiger partial charge in [-0.3, -0.25) is 4.79 Å². The van der Waals surface area contributed by atoms with E-state index in [0.717, 1.165) is 29.7 Å². The quantitative estimate of drug-likeness (QED) is 0.495. The van der Waals surface area contributed by atoms with Gasteiger partial charge in [0, 0.05) is 18.0 Å². The summed E-state index contributed by atoms with van der Waals surface area (Å²) < 4.78 is 12.2. The Labute approximate surface area is 166 Å². The molecule has 0 bridgehead atoms. The summed E-state index contributed by atoms with van der Waals surface area (Å²) in [6.45, 7) is 9.83. The van der Waals surface area contributed by atoms with E-state index in [0.29, 0.717) is 17.8 Å². The molecule has 1 atom stereocenters. The van der Waals surface area contributed by atoms with E-state index in [4.69, 9.17) is 9.47 Å². The minimum absolute atomic E-state index is 0.0433. The molecule has 0 N–H and O–H groups in total. The third kappa shape index (κ3) is 3.96. The second-order valence-corrected chi connectivity index (χ2v) is 7.04. The summed E-state index contributed by atoms with van der Waals surface area (Å²) in [5.41, 5.74) is 2.53. The first-order chi connectivity index (χ1) is 13.3. The van der Waals surface area contributed by atoms with Crippen LogP contribution < -0.4 is 4.74 Å². The van der Waals surface area contributed by atoms with Crippen molar-refractivity contribution in [2.45, 2.75) is 59.9 Å². The van der Waals surface area contributed by atoms with Crippen molar-refractivity contribution in [2.75, 3.05) is 14.2 Å². The maximum absolute atomic E-state index is 13.4. The van der Waals surface area contributed by atoms with Crippen molar-refractivity contribution in [3.63, 3.8) is 0 Å². The summed E-state index contributed by atoms with van der Waals surface area (Å²) in [5, 5.41) is 0. The average Bonchev–Trinajstić information content (AvgIpc) is 3.08. The first kappa shape index (κ1) is 21.7. The Bertz CT molecular complexity index is 883. The summed E-state index contributed by atoms with van der Waals surface area (Å²) in [6, 6.07) is 3.66. The number of benzene rings is 1. The monoisotopic (exact) mass is 386 g/mol. The van der Waals surface area contributed by atoms with Gasteiger partial charge in [-0.25, -0.2) is 9.78 Å². The molecule has 0 saturated carbocycles. The molecule has 1 heterocycles. The average molecular weight is 386 g/mol. The molecule has 152 valence electrons. The van der Waals surface area contributed by atoms with Gasteiger partial charge in [0.2, 0.25) is 5.78 Å². The van der Waals surface area contributed by atoms with Crippen LogP contribution in [0.5, 0.6) is 5.75 Å². The summed E-state index contributed by atoms with van der Waals surface area (Å²) in [6.07, 6.45) is 2.46. The second kappa shape index (κ2) is 9.04. The van der Waals surface area contributed by atoms with Gasteiger partial charge in [0.1, 0.15) is 17.3 Å². The third-order valence-corrected chi connectivity index (χ3v) is 5.03. The molecule has 0 spiro atoms. The normalized spacial score (nSPS) is 12.0. The van der Waals surface area contributed by atoms with Gasteiger partial charge in [0.15, 0.2) is 5.69 Å². The van der Waals surface area contributed by atoms with Crippen molar-refractivity contribution in [3.8, 4) is 5.75 Å². The Morgan fingerprint density at radius 2 is 1.82 bits per heavy atom. The van der Waals surface area contributed by atoms with Crippen LogP contribution in [0.4, 0.5) is 0 Å². The molecule has 0 saturated heterocycles. The first-order valence-electron chi connectivity index (χ1n) is 9.69. The summed E-state index contributed by atoms with van der Waals surface area (Å²) >= 11 is 0. The zero-order chi connectivity index (χ0) is 21.0. The SMILES string of the molecule is CCCC(C)n1c(CC)nc(C(=O)c2cc(C)c(OC)cc2C)c1C(=O)OC. The molecular weight excluding hydrogens is 356 g/mol. The van der Waals surface area contributed by atoms with Gasteiger partial charge in [-0.2, -0.15) is 0 Å². The Balaban J connectivity index is 2.69. The maximum atomic E-state index is 13.4. The highest BCUT2D eigenvalue weighted by Gasteiger charge is 2.30. The van der Waals surface area contributed by atoms with Crippen molar-refractivity contribution >= 4 is 11.8 Å². The molecule has 0 radical (unpaired) electrons. The minimum Gasteiger partial charge on any atom is -0.496 e. The molecule has 1 unspecified atom stereocenters. The van der Waals surface area contributed by atoms with Crippen molar-refractivity contribution in [1.29, 1.82) is 0 Å². The number of ketones is 1. The van der Waals surface area contributed by atoms with E-state index >= 15 is 0 Å². The van der Waals surface area contributed by atoms with Gasteiger partial charge in [-0.05, 0) is 50.5 Å². The fraction of sp³-hybridized carbons (Fsp3) is 0.500. The van der Waals surface area contributed by atoms with Crippen LogP contribution in [-0.4, -0.2) is 35.5 Å².